The lowest BCUT2D eigenvalue weighted by molar-refractivity contribution is -0.115. The molecule has 0 bridgehead atoms. The summed E-state index contributed by atoms with van der Waals surface area (Å²) in [4.78, 5) is 21.5. The van der Waals surface area contributed by atoms with Crippen molar-refractivity contribution in [3.05, 3.63) is 36.0 Å². The first-order valence-corrected chi connectivity index (χ1v) is 12.5. The predicted molar refractivity (Wildman–Crippen MR) is 125 cm³/mol. The van der Waals surface area contributed by atoms with Crippen LogP contribution in [0, 0.1) is 0 Å². The fourth-order valence-electron chi connectivity index (χ4n) is 3.92. The van der Waals surface area contributed by atoms with E-state index in [0.29, 0.717) is 25.3 Å². The molecule has 0 unspecified atom stereocenters. The third-order valence-corrected chi connectivity index (χ3v) is 8.23. The second-order valence-electron chi connectivity index (χ2n) is 8.61. The zero-order chi connectivity index (χ0) is 25.4. The minimum Gasteiger partial charge on any atom is -0.366 e. The summed E-state index contributed by atoms with van der Waals surface area (Å²) in [6.07, 6.45) is -1.98. The van der Waals surface area contributed by atoms with Crippen LogP contribution in [0.5, 0.6) is 0 Å². The lowest BCUT2D eigenvalue weighted by Crippen LogP contribution is -2.54. The summed E-state index contributed by atoms with van der Waals surface area (Å²) >= 11 is 0. The molecule has 1 saturated carbocycles. The second kappa shape index (κ2) is 9.49. The van der Waals surface area contributed by atoms with Crippen molar-refractivity contribution in [2.45, 2.75) is 37.2 Å². The van der Waals surface area contributed by atoms with Gasteiger partial charge in [-0.1, -0.05) is 0 Å². The van der Waals surface area contributed by atoms with Gasteiger partial charge in [-0.05, 0) is 44.0 Å². The van der Waals surface area contributed by atoms with Gasteiger partial charge in [0.15, 0.2) is 0 Å². The summed E-state index contributed by atoms with van der Waals surface area (Å²) in [5.41, 5.74) is 6.43. The Morgan fingerprint density at radius 1 is 1.20 bits per heavy atom. The van der Waals surface area contributed by atoms with E-state index in [4.69, 9.17) is 5.73 Å². The van der Waals surface area contributed by atoms with Gasteiger partial charge in [-0.25, -0.2) is 13.4 Å². The van der Waals surface area contributed by atoms with E-state index in [1.54, 1.807) is 16.4 Å². The molecule has 2 heterocycles. The summed E-state index contributed by atoms with van der Waals surface area (Å²) in [6, 6.07) is 7.20. The molecule has 35 heavy (non-hydrogen) atoms. The predicted octanol–water partition coefficient (Wildman–Crippen LogP) is 2.30. The molecule has 14 heteroatoms. The Morgan fingerprint density at radius 3 is 2.46 bits per heavy atom. The molecule has 1 aliphatic heterocycles. The van der Waals surface area contributed by atoms with E-state index in [-0.39, 0.29) is 28.6 Å². The number of primary amides is 1. The van der Waals surface area contributed by atoms with Crippen LogP contribution in [0.25, 0.3) is 0 Å². The molecule has 10 nitrogen and oxygen atoms in total. The van der Waals surface area contributed by atoms with Gasteiger partial charge in [0, 0.05) is 43.2 Å². The first-order valence-electron chi connectivity index (χ1n) is 11.0. The van der Waals surface area contributed by atoms with E-state index in [2.05, 4.69) is 25.5 Å². The van der Waals surface area contributed by atoms with Crippen LogP contribution in [0.1, 0.15) is 30.1 Å². The normalized spacial score (nSPS) is 19.4. The zero-order valence-electron chi connectivity index (χ0n) is 18.9. The summed E-state index contributed by atoms with van der Waals surface area (Å²) in [5, 5.41) is 4.74. The molecule has 1 saturated heterocycles. The highest BCUT2D eigenvalue weighted by atomic mass is 32.2. The molecular formula is C21H26F3N7O3S. The van der Waals surface area contributed by atoms with Crippen molar-refractivity contribution in [1.29, 1.82) is 0 Å². The Hall–Kier alpha value is -3.13. The number of benzene rings is 1. The number of amides is 1. The van der Waals surface area contributed by atoms with Crippen molar-refractivity contribution in [3.8, 4) is 0 Å². The van der Waals surface area contributed by atoms with Gasteiger partial charge in [0.25, 0.3) is 5.91 Å². The Bertz CT molecular complexity index is 1190. The highest BCUT2D eigenvalue weighted by Crippen LogP contribution is 2.33. The van der Waals surface area contributed by atoms with Crippen molar-refractivity contribution in [3.63, 3.8) is 0 Å². The van der Waals surface area contributed by atoms with Crippen molar-refractivity contribution >= 4 is 39.1 Å². The highest BCUT2D eigenvalue weighted by Gasteiger charge is 2.42. The molecule has 1 atom stereocenters. The quantitative estimate of drug-likeness (QED) is 0.490. The van der Waals surface area contributed by atoms with Gasteiger partial charge in [-0.2, -0.15) is 22.5 Å². The topological polar surface area (TPSA) is 134 Å². The Morgan fingerprint density at radius 2 is 1.89 bits per heavy atom. The maximum absolute atomic E-state index is 12.6. The number of alkyl halides is 3. The fraction of sp³-hybridized carbons (Fsp3) is 0.476. The van der Waals surface area contributed by atoms with Crippen LogP contribution in [0.15, 0.2) is 30.5 Å². The molecule has 190 valence electrons. The van der Waals surface area contributed by atoms with Crippen molar-refractivity contribution < 1.29 is 26.4 Å². The molecule has 0 spiro atoms. The number of halogens is 3. The summed E-state index contributed by atoms with van der Waals surface area (Å²) < 4.78 is 64.4. The van der Waals surface area contributed by atoms with Gasteiger partial charge in [-0.3, -0.25) is 4.79 Å². The summed E-state index contributed by atoms with van der Waals surface area (Å²) in [5.74, 6) is -1.29. The van der Waals surface area contributed by atoms with E-state index in [9.17, 15) is 26.4 Å². The molecule has 4 rings (SSSR count). The van der Waals surface area contributed by atoms with Gasteiger partial charge in [0.05, 0.1) is 10.8 Å². The standard InChI is InChI=1S/C21H26F3N7O3S/c1-13-11-30(35(33,34)16-6-7-16)8-9-31(13)15-4-2-14(3-5-15)28-20-26-10-17(18(25)32)19(29-20)27-12-21(22,23)24/h2-5,10,13,16H,6-9,11-12H2,1H3,(H2,25,32)(H2,26,27,28,29)/t13-/m0/s1. The third kappa shape index (κ3) is 5.93. The molecule has 4 N–H and O–H groups in total. The van der Waals surface area contributed by atoms with Gasteiger partial charge in [-0.15, -0.1) is 0 Å². The molecule has 1 aromatic heterocycles. The Kier molecular flexibility index (Phi) is 6.77. The minimum atomic E-state index is -4.51. The SMILES string of the molecule is C[C@H]1CN(S(=O)(=O)C2CC2)CCN1c1ccc(Nc2ncc(C(N)=O)c(NCC(F)(F)F)n2)cc1. The number of anilines is 4. The lowest BCUT2D eigenvalue weighted by Gasteiger charge is -2.40. The van der Waals surface area contributed by atoms with E-state index in [1.807, 2.05) is 19.1 Å². The van der Waals surface area contributed by atoms with Gasteiger partial charge >= 0.3 is 6.18 Å². The monoisotopic (exact) mass is 513 g/mol. The van der Waals surface area contributed by atoms with E-state index in [0.717, 1.165) is 24.7 Å². The Labute approximate surface area is 200 Å². The average molecular weight is 514 g/mol. The molecule has 0 radical (unpaired) electrons. The molecule has 1 aliphatic carbocycles. The van der Waals surface area contributed by atoms with Crippen LogP contribution >= 0.6 is 0 Å². The minimum absolute atomic E-state index is 0.0111. The largest absolute Gasteiger partial charge is 0.405 e. The number of sulfonamides is 1. The second-order valence-corrected chi connectivity index (χ2v) is 10.8. The molecule has 1 amide bonds. The average Bonchev–Trinajstić information content (AvgIpc) is 3.64. The van der Waals surface area contributed by atoms with Crippen molar-refractivity contribution in [2.24, 2.45) is 5.73 Å². The lowest BCUT2D eigenvalue weighted by atomic mass is 10.1. The molecule has 2 fully saturated rings. The smallest absolute Gasteiger partial charge is 0.366 e. The van der Waals surface area contributed by atoms with Gasteiger partial charge in [0.1, 0.15) is 12.4 Å². The number of piperazine rings is 1. The Balaban J connectivity index is 1.42. The first-order chi connectivity index (χ1) is 16.4. The number of nitrogens with zero attached hydrogens (tertiary/aromatic N) is 4. The third-order valence-electron chi connectivity index (χ3n) is 5.86. The number of rotatable bonds is 8. The van der Waals surface area contributed by atoms with E-state index in [1.165, 1.54) is 0 Å². The van der Waals surface area contributed by atoms with Crippen LogP contribution in [0.2, 0.25) is 0 Å². The van der Waals surface area contributed by atoms with Crippen LogP contribution < -0.4 is 21.3 Å². The summed E-state index contributed by atoms with van der Waals surface area (Å²) in [6.45, 7) is 2.01. The number of carbonyl (C=O) groups is 1. The van der Waals surface area contributed by atoms with Crippen LogP contribution in [-0.4, -0.2) is 72.2 Å². The number of hydrogen-bond donors (Lipinski definition) is 3. The van der Waals surface area contributed by atoms with Crippen molar-refractivity contribution in [2.75, 3.05) is 41.7 Å². The van der Waals surface area contributed by atoms with Crippen molar-refractivity contribution in [1.82, 2.24) is 14.3 Å². The first kappa shape index (κ1) is 25.0. The zero-order valence-corrected chi connectivity index (χ0v) is 19.7. The maximum atomic E-state index is 12.6. The van der Waals surface area contributed by atoms with Crippen LogP contribution in [0.4, 0.5) is 36.3 Å². The molecule has 2 aliphatic rings. The molecule has 1 aromatic carbocycles. The summed E-state index contributed by atoms with van der Waals surface area (Å²) in [7, 11) is -3.21. The van der Waals surface area contributed by atoms with E-state index < -0.39 is 28.7 Å². The maximum Gasteiger partial charge on any atom is 0.405 e. The number of nitrogens with one attached hydrogen (secondary N) is 2. The number of aromatic nitrogens is 2. The number of hydrogen-bond acceptors (Lipinski definition) is 8. The number of nitrogens with two attached hydrogens (primary N) is 1. The molecular weight excluding hydrogens is 487 g/mol. The van der Waals surface area contributed by atoms with Gasteiger partial charge in [0.2, 0.25) is 16.0 Å². The van der Waals surface area contributed by atoms with E-state index >= 15 is 0 Å². The fourth-order valence-corrected chi connectivity index (χ4v) is 5.84. The molecule has 2 aromatic rings. The van der Waals surface area contributed by atoms with Gasteiger partial charge < -0.3 is 21.3 Å². The van der Waals surface area contributed by atoms with Crippen LogP contribution in [0.3, 0.4) is 0 Å². The number of carbonyl (C=O) groups excluding carboxylic acids is 1. The highest BCUT2D eigenvalue weighted by molar-refractivity contribution is 7.90. The van der Waals surface area contributed by atoms with Crippen LogP contribution in [-0.2, 0) is 10.0 Å².